The van der Waals surface area contributed by atoms with Gasteiger partial charge in [-0.05, 0) is 114 Å². The Hall–Kier alpha value is -3.14. The summed E-state index contributed by atoms with van der Waals surface area (Å²) in [5.74, 6) is -7.85. The molecule has 1 aliphatic carbocycles. The molecule has 390 valence electrons. The largest absolute Gasteiger partial charge is 0.460 e. The van der Waals surface area contributed by atoms with E-state index in [9.17, 15) is 38.8 Å². The van der Waals surface area contributed by atoms with Gasteiger partial charge in [-0.1, -0.05) is 64.2 Å². The van der Waals surface area contributed by atoms with Gasteiger partial charge in [0, 0.05) is 71.8 Å². The summed E-state index contributed by atoms with van der Waals surface area (Å²) >= 11 is 0. The number of ketones is 3. The van der Waals surface area contributed by atoms with Gasteiger partial charge < -0.3 is 43.3 Å². The first kappa shape index (κ1) is 58.4. The fourth-order valence-corrected chi connectivity index (χ4v) is 11.2. The number of carbonyl (C=O) groups is 5. The monoisotopic (exact) mass is 990 g/mol. The fourth-order valence-electron chi connectivity index (χ4n) is 10.3. The second-order valence-electron chi connectivity index (χ2n) is 20.7. The van der Waals surface area contributed by atoms with Crippen molar-refractivity contribution < 1.29 is 67.0 Å². The van der Waals surface area contributed by atoms with Crippen LogP contribution in [-0.4, -0.2) is 140 Å². The number of aliphatic hydroxyl groups excluding tert-OH is 1. The predicted octanol–water partition coefficient (Wildman–Crippen LogP) is 7.89. The van der Waals surface area contributed by atoms with E-state index in [-0.39, 0.29) is 55.0 Å². The molecule has 4 aliphatic rings. The lowest BCUT2D eigenvalue weighted by molar-refractivity contribution is -0.265. The minimum Gasteiger partial charge on any atom is -0.460 e. The maximum atomic E-state index is 14.4. The van der Waals surface area contributed by atoms with Gasteiger partial charge in [0.1, 0.15) is 30.1 Å². The van der Waals surface area contributed by atoms with Crippen LogP contribution in [-0.2, 0) is 56.7 Å². The molecule has 1 saturated carbocycles. The van der Waals surface area contributed by atoms with Crippen LogP contribution in [0.3, 0.4) is 0 Å². The summed E-state index contributed by atoms with van der Waals surface area (Å²) in [5.41, 5.74) is 1.27. The molecule has 2 N–H and O–H groups in total. The van der Waals surface area contributed by atoms with Crippen LogP contribution < -0.4 is 0 Å². The summed E-state index contributed by atoms with van der Waals surface area (Å²) in [5, 5.41) is 23.4. The zero-order valence-corrected chi connectivity index (χ0v) is 44.2. The summed E-state index contributed by atoms with van der Waals surface area (Å²) in [6, 6.07) is -1.14. The van der Waals surface area contributed by atoms with Crippen LogP contribution in [0.1, 0.15) is 131 Å². The Morgan fingerprint density at radius 1 is 0.870 bits per heavy atom. The van der Waals surface area contributed by atoms with E-state index in [4.69, 9.17) is 28.2 Å². The lowest BCUT2D eigenvalue weighted by Gasteiger charge is -2.42. The molecule has 0 aromatic heterocycles. The number of esters is 1. The molecule has 3 heterocycles. The van der Waals surface area contributed by atoms with E-state index in [2.05, 4.69) is 0 Å². The lowest BCUT2D eigenvalue weighted by Crippen LogP contribution is -2.61. The Bertz CT molecular complexity index is 1920. The highest BCUT2D eigenvalue weighted by atomic mass is 31.2. The van der Waals surface area contributed by atoms with Crippen LogP contribution in [0, 0.1) is 29.6 Å². The van der Waals surface area contributed by atoms with Gasteiger partial charge in [-0.3, -0.25) is 23.7 Å². The van der Waals surface area contributed by atoms with Crippen LogP contribution in [0.2, 0.25) is 0 Å². The minimum atomic E-state index is -2.74. The number of rotatable bonds is 9. The van der Waals surface area contributed by atoms with Crippen molar-refractivity contribution in [2.45, 2.75) is 186 Å². The fraction of sp³-hybridized carbons (Fsp3) is 0.755. The van der Waals surface area contributed by atoms with E-state index in [1.807, 2.05) is 44.2 Å². The molecule has 14 atom stereocenters. The molecule has 0 aromatic rings. The number of fused-ring (bicyclic) bond motifs is 3. The number of piperidine rings is 1. The quantitative estimate of drug-likeness (QED) is 0.0978. The van der Waals surface area contributed by atoms with Gasteiger partial charge in [-0.25, -0.2) is 4.79 Å². The molecular weight excluding hydrogens is 906 g/mol. The van der Waals surface area contributed by atoms with E-state index < -0.39 is 85.1 Å². The molecule has 0 spiro atoms. The Kier molecular flexibility index (Phi) is 22.9. The number of nitrogens with zero attached hydrogens (tertiary/aromatic N) is 1. The molecule has 2 bridgehead atoms. The molecule has 3 aliphatic heterocycles. The van der Waals surface area contributed by atoms with Crippen molar-refractivity contribution in [3.05, 3.63) is 47.6 Å². The van der Waals surface area contributed by atoms with Crippen molar-refractivity contribution in [1.82, 2.24) is 4.90 Å². The zero-order chi connectivity index (χ0) is 51.2. The Labute approximate surface area is 411 Å². The van der Waals surface area contributed by atoms with Crippen molar-refractivity contribution in [2.24, 2.45) is 29.6 Å². The number of hydrogen-bond acceptors (Lipinski definition) is 14. The third kappa shape index (κ3) is 16.4. The maximum Gasteiger partial charge on any atom is 0.329 e. The number of cyclic esters (lactones) is 1. The Balaban J connectivity index is 1.66. The zero-order valence-electron chi connectivity index (χ0n) is 43.3. The smallest absolute Gasteiger partial charge is 0.329 e. The van der Waals surface area contributed by atoms with Crippen molar-refractivity contribution >= 4 is 36.6 Å². The molecule has 15 nitrogen and oxygen atoms in total. The van der Waals surface area contributed by atoms with Gasteiger partial charge >= 0.3 is 5.97 Å². The van der Waals surface area contributed by atoms with Gasteiger partial charge in [-0.2, -0.15) is 0 Å². The topological polar surface area (TPSA) is 201 Å². The number of allylic oxidation sites excluding steroid dienone is 6. The summed E-state index contributed by atoms with van der Waals surface area (Å²) in [6.07, 6.45) is 13.2. The third-order valence-electron chi connectivity index (χ3n) is 14.9. The van der Waals surface area contributed by atoms with E-state index in [0.29, 0.717) is 69.8 Å². The molecule has 1 amide bonds. The highest BCUT2D eigenvalue weighted by molar-refractivity contribution is 7.57. The van der Waals surface area contributed by atoms with Crippen molar-refractivity contribution in [3.8, 4) is 0 Å². The van der Waals surface area contributed by atoms with Crippen LogP contribution in [0.5, 0.6) is 0 Å². The van der Waals surface area contributed by atoms with Crippen molar-refractivity contribution in [3.63, 3.8) is 0 Å². The molecule has 69 heavy (non-hydrogen) atoms. The average Bonchev–Trinajstić information content (AvgIpc) is 3.31. The number of ether oxygens (including phenoxy) is 5. The standard InChI is InChI=1S/C53H84NO14P/c1-33-19-15-13-12-14-16-20-35(3)47(56)49(65-9)48(57)37(5)29-36(4)42(55)32-45(34(2)22-24-39-25-27-43(46(30-39)64-8)68-69(10,11)62)66-52(60)41-21-17-18-28-54(41)51(59)50(58)53(61)38(6)23-26-40(67-53)31-44(33)63-7/h12-15,19,29,34-36,38-41,43-46,48-49,57,61H,16-18,20-28,30-32H2,1-11H3/b14-12+,15-13?,33-19?,37-29+/t34-,35-,36-,38-,39-,40+,41+,43-,44+,45+,46-,48-,49+,53-/m1/s1. The third-order valence-corrected chi connectivity index (χ3v) is 15.7. The Morgan fingerprint density at radius 3 is 2.26 bits per heavy atom. The molecule has 16 heteroatoms. The molecule has 0 aromatic carbocycles. The number of carbonyl (C=O) groups excluding carboxylic acids is 5. The number of methoxy groups -OCH3 is 3. The predicted molar refractivity (Wildman–Crippen MR) is 264 cm³/mol. The summed E-state index contributed by atoms with van der Waals surface area (Å²) in [4.78, 5) is 71.9. The maximum absolute atomic E-state index is 14.4. The normalized spacial score (nSPS) is 36.7. The van der Waals surface area contributed by atoms with Gasteiger partial charge in [0.05, 0.1) is 24.4 Å². The summed E-state index contributed by atoms with van der Waals surface area (Å²) < 4.78 is 48.0. The van der Waals surface area contributed by atoms with E-state index in [1.54, 1.807) is 61.3 Å². The van der Waals surface area contributed by atoms with Gasteiger partial charge in [0.15, 0.2) is 13.2 Å². The number of aliphatic hydroxyl groups is 2. The number of Topliss-reactive ketones (excluding diaryl/α,β-unsaturated/α-hetero) is 3. The van der Waals surface area contributed by atoms with Gasteiger partial charge in [0.25, 0.3) is 11.7 Å². The lowest BCUT2D eigenvalue weighted by atomic mass is 9.80. The van der Waals surface area contributed by atoms with Crippen molar-refractivity contribution in [1.29, 1.82) is 0 Å². The SMILES string of the molecule is CO[C@H]1C[C@@H]2CC[C@@H](C)[C@@](O)(O2)C(=O)C(=O)N2CCCC[C@H]2C(=O)O[C@H]([C@H](C)CC[C@@H]2CC[C@@H](OP(C)(C)=O)[C@H](OC)C2)CC(=O)[C@H](C)/C=C(\C)[C@@H](O)[C@@H](OC)C(=O)[C@H](C)CC/C=C/C=CC=C1C. The summed E-state index contributed by atoms with van der Waals surface area (Å²) in [6.45, 7) is 13.9. The van der Waals surface area contributed by atoms with Gasteiger partial charge in [0.2, 0.25) is 5.79 Å². The first-order valence-electron chi connectivity index (χ1n) is 25.3. The van der Waals surface area contributed by atoms with Gasteiger partial charge in [-0.15, -0.1) is 0 Å². The minimum absolute atomic E-state index is 0.0849. The molecule has 3 fully saturated rings. The average molecular weight is 990 g/mol. The first-order valence-corrected chi connectivity index (χ1v) is 27.8. The highest BCUT2D eigenvalue weighted by Gasteiger charge is 2.53. The Morgan fingerprint density at radius 2 is 1.59 bits per heavy atom. The van der Waals surface area contributed by atoms with E-state index in [1.165, 1.54) is 12.0 Å². The number of amides is 1. The molecule has 4 rings (SSSR count). The second kappa shape index (κ2) is 27.1. The van der Waals surface area contributed by atoms with E-state index in [0.717, 1.165) is 18.4 Å². The molecule has 0 unspecified atom stereocenters. The summed E-state index contributed by atoms with van der Waals surface area (Å²) in [7, 11) is 1.83. The second-order valence-corrected chi connectivity index (χ2v) is 23.4. The van der Waals surface area contributed by atoms with E-state index >= 15 is 0 Å². The molecule has 0 radical (unpaired) electrons. The number of hydrogen-bond donors (Lipinski definition) is 2. The molecular formula is C53H84NO14P. The van der Waals surface area contributed by atoms with Crippen LogP contribution >= 0.6 is 7.37 Å². The molecule has 2 saturated heterocycles. The highest BCUT2D eigenvalue weighted by Crippen LogP contribution is 2.44. The van der Waals surface area contributed by atoms with Crippen LogP contribution in [0.4, 0.5) is 0 Å². The van der Waals surface area contributed by atoms with Crippen LogP contribution in [0.15, 0.2) is 47.6 Å². The van der Waals surface area contributed by atoms with Crippen molar-refractivity contribution in [2.75, 3.05) is 41.2 Å². The van der Waals surface area contributed by atoms with Crippen LogP contribution in [0.25, 0.3) is 0 Å². The first-order chi connectivity index (χ1) is 32.5.